The Morgan fingerprint density at radius 1 is 0.466 bits per heavy atom. The van der Waals surface area contributed by atoms with Crippen molar-refractivity contribution in [3.8, 4) is 22.0 Å². The smallest absolute Gasteiger partial charge is 0.655 e. The maximum absolute atomic E-state index is 5.16. The maximum Gasteiger partial charge on any atom is 4.00 e. The number of aromatic nitrogens is 2. The summed E-state index contributed by atoms with van der Waals surface area (Å²) in [6.07, 6.45) is 0. The molecule has 0 spiro atoms. The van der Waals surface area contributed by atoms with Crippen LogP contribution < -0.4 is 4.98 Å². The fourth-order valence-electron chi connectivity index (χ4n) is 6.37. The Hall–Kier alpha value is -5.28. The Balaban J connectivity index is 0.000000235. The van der Waals surface area contributed by atoms with E-state index in [4.69, 9.17) is 9.97 Å². The van der Waals surface area contributed by atoms with Crippen LogP contribution >= 0.6 is 11.3 Å². The molecule has 0 saturated heterocycles. The molecular formula is C54H52N2SZr. The van der Waals surface area contributed by atoms with Gasteiger partial charge in [-0.05, 0) is 67.3 Å². The molecule has 2 nitrogen and oxygen atoms in total. The van der Waals surface area contributed by atoms with E-state index in [-0.39, 0.29) is 37.0 Å². The van der Waals surface area contributed by atoms with E-state index in [2.05, 4.69) is 135 Å². The minimum atomic E-state index is 0. The molecule has 0 saturated carbocycles. The van der Waals surface area contributed by atoms with Gasteiger partial charge in [-0.3, -0.25) is 0 Å². The predicted octanol–water partition coefficient (Wildman–Crippen LogP) is 15.1. The zero-order valence-corrected chi connectivity index (χ0v) is 37.9. The van der Waals surface area contributed by atoms with Gasteiger partial charge >= 0.3 is 26.2 Å². The SMILES string of the molecule is CC(C)(C)c1ccc2c(-c3ccc(-c4nc5ccccc5s4)[n-]3)c3cc(C(C)(C)C)ccc3cc2c1.[CH2-]c1ccccc1.[CH2-]c1ccccc1.[CH2-]c1ccccc1.[Zr+4]. The Morgan fingerprint density at radius 2 is 0.948 bits per heavy atom. The van der Waals surface area contributed by atoms with Crippen molar-refractivity contribution >= 4 is 43.1 Å². The zero-order valence-electron chi connectivity index (χ0n) is 34.6. The van der Waals surface area contributed by atoms with E-state index >= 15 is 0 Å². The van der Waals surface area contributed by atoms with Crippen molar-refractivity contribution < 1.29 is 26.2 Å². The third-order valence-electron chi connectivity index (χ3n) is 9.62. The molecule has 0 unspecified atom stereocenters. The summed E-state index contributed by atoms with van der Waals surface area (Å²) in [6.45, 7) is 24.8. The van der Waals surface area contributed by atoms with Crippen molar-refractivity contribution in [2.45, 2.75) is 52.4 Å². The van der Waals surface area contributed by atoms with Gasteiger partial charge in [-0.25, -0.2) is 4.98 Å². The molecule has 0 fully saturated rings. The monoisotopic (exact) mass is 850 g/mol. The molecule has 0 aliphatic carbocycles. The Bertz CT molecular complexity index is 2540. The van der Waals surface area contributed by atoms with Crippen molar-refractivity contribution in [2.75, 3.05) is 0 Å². The van der Waals surface area contributed by atoms with Crippen LogP contribution in [0.5, 0.6) is 0 Å². The Kier molecular flexibility index (Phi) is 14.7. The molecule has 9 aromatic rings. The first-order chi connectivity index (χ1) is 27.3. The number of rotatable bonds is 2. The number of hydrogen-bond donors (Lipinski definition) is 0. The van der Waals surface area contributed by atoms with Crippen LogP contribution in [0.3, 0.4) is 0 Å². The Labute approximate surface area is 369 Å². The molecule has 0 amide bonds. The predicted molar refractivity (Wildman–Crippen MR) is 249 cm³/mol. The summed E-state index contributed by atoms with van der Waals surface area (Å²) in [5.74, 6) is 0. The van der Waals surface area contributed by atoms with Crippen LogP contribution in [0.1, 0.15) is 69.4 Å². The molecule has 7 aromatic carbocycles. The summed E-state index contributed by atoms with van der Waals surface area (Å²) in [5, 5.41) is 5.99. The van der Waals surface area contributed by atoms with Gasteiger partial charge in [0, 0.05) is 0 Å². The van der Waals surface area contributed by atoms with Crippen LogP contribution in [0.25, 0.3) is 53.7 Å². The largest absolute Gasteiger partial charge is 4.00 e. The minimum absolute atomic E-state index is 0. The maximum atomic E-state index is 5.16. The molecular weight excluding hydrogens is 800 g/mol. The van der Waals surface area contributed by atoms with Crippen molar-refractivity contribution in [3.05, 3.63) is 218 Å². The van der Waals surface area contributed by atoms with E-state index in [0.717, 1.165) is 38.6 Å². The van der Waals surface area contributed by atoms with E-state index < -0.39 is 0 Å². The van der Waals surface area contributed by atoms with Gasteiger partial charge in [-0.15, -0.1) is 53.4 Å². The molecule has 0 N–H and O–H groups in total. The van der Waals surface area contributed by atoms with Crippen LogP contribution in [0.15, 0.2) is 170 Å². The normalized spacial score (nSPS) is 11.0. The van der Waals surface area contributed by atoms with E-state index in [9.17, 15) is 0 Å². The molecule has 0 bridgehead atoms. The number of hydrogen-bond acceptors (Lipinski definition) is 2. The average molecular weight is 852 g/mol. The quantitative estimate of drug-likeness (QED) is 0.128. The fourth-order valence-corrected chi connectivity index (χ4v) is 7.30. The summed E-state index contributed by atoms with van der Waals surface area (Å²) < 4.78 is 1.19. The number of thiazole rings is 1. The summed E-state index contributed by atoms with van der Waals surface area (Å²) in [7, 11) is 0. The van der Waals surface area contributed by atoms with Crippen LogP contribution in [0, 0.1) is 20.8 Å². The average Bonchev–Trinajstić information content (AvgIpc) is 3.86. The van der Waals surface area contributed by atoms with Gasteiger partial charge in [-0.2, -0.15) is 73.9 Å². The van der Waals surface area contributed by atoms with Crippen LogP contribution in [-0.4, -0.2) is 4.98 Å². The van der Waals surface area contributed by atoms with Crippen LogP contribution in [-0.2, 0) is 37.0 Å². The van der Waals surface area contributed by atoms with Crippen LogP contribution in [0.4, 0.5) is 0 Å². The summed E-state index contributed by atoms with van der Waals surface area (Å²) in [4.78, 5) is 10.0. The van der Waals surface area contributed by atoms with Gasteiger partial charge in [0.2, 0.25) is 0 Å². The van der Waals surface area contributed by atoms with E-state index in [1.54, 1.807) is 11.3 Å². The molecule has 4 heteroatoms. The standard InChI is InChI=1S/C33H31N2S.3C7H7.Zr/c1-32(2,3)22-13-14-24-21(18-22)17-20-11-12-23(33(4,5)6)19-25(20)30(24)27-15-16-28(34-27)31-35-26-9-7-8-10-29(26)36-31;3*1-7-5-3-2-4-6-7;/h7-19H,1-6H3;3*2-6H,1H2;/q4*-1;+4. The van der Waals surface area contributed by atoms with Gasteiger partial charge in [0.25, 0.3) is 0 Å². The second-order valence-electron chi connectivity index (χ2n) is 16.3. The molecule has 288 valence electrons. The van der Waals surface area contributed by atoms with Gasteiger partial charge in [0.05, 0.1) is 10.2 Å². The third kappa shape index (κ3) is 11.4. The second kappa shape index (κ2) is 19.4. The van der Waals surface area contributed by atoms with E-state index in [1.165, 1.54) is 42.9 Å². The first-order valence-electron chi connectivity index (χ1n) is 19.4. The first-order valence-corrected chi connectivity index (χ1v) is 20.2. The first kappa shape index (κ1) is 43.8. The molecule has 0 radical (unpaired) electrons. The number of para-hydroxylation sites is 1. The molecule has 0 atom stereocenters. The number of benzene rings is 7. The molecule has 2 heterocycles. The minimum Gasteiger partial charge on any atom is -0.655 e. The van der Waals surface area contributed by atoms with Crippen molar-refractivity contribution in [3.63, 3.8) is 0 Å². The number of fused-ring (bicyclic) bond motifs is 3. The molecule has 2 aromatic heterocycles. The molecule has 0 aliphatic rings. The van der Waals surface area contributed by atoms with Crippen molar-refractivity contribution in [1.29, 1.82) is 0 Å². The summed E-state index contributed by atoms with van der Waals surface area (Å²) in [6, 6.07) is 58.4. The second-order valence-corrected chi connectivity index (χ2v) is 17.3. The van der Waals surface area contributed by atoms with Crippen LogP contribution in [0.2, 0.25) is 0 Å². The van der Waals surface area contributed by atoms with Gasteiger partial charge in [0.15, 0.2) is 0 Å². The van der Waals surface area contributed by atoms with Crippen molar-refractivity contribution in [1.82, 2.24) is 9.97 Å². The molecule has 58 heavy (non-hydrogen) atoms. The third-order valence-corrected chi connectivity index (χ3v) is 10.7. The fraction of sp³-hybridized carbons (Fsp3) is 0.148. The van der Waals surface area contributed by atoms with Gasteiger partial charge in [-0.1, -0.05) is 126 Å². The summed E-state index contributed by atoms with van der Waals surface area (Å²) in [5.41, 5.74) is 10.2. The molecule has 9 rings (SSSR count). The zero-order chi connectivity index (χ0) is 40.6. The summed E-state index contributed by atoms with van der Waals surface area (Å²) >= 11 is 1.70. The van der Waals surface area contributed by atoms with E-state index in [1.807, 2.05) is 97.1 Å². The number of nitrogens with zero attached hydrogens (tertiary/aromatic N) is 2. The Morgan fingerprint density at radius 3 is 1.45 bits per heavy atom. The van der Waals surface area contributed by atoms with E-state index in [0.29, 0.717) is 0 Å². The van der Waals surface area contributed by atoms with Crippen molar-refractivity contribution in [2.24, 2.45) is 0 Å². The topological polar surface area (TPSA) is 27.0 Å². The van der Waals surface area contributed by atoms with Gasteiger partial charge in [0.1, 0.15) is 5.01 Å². The molecule has 0 aliphatic heterocycles. The van der Waals surface area contributed by atoms with Gasteiger partial charge < -0.3 is 4.98 Å².